The lowest BCUT2D eigenvalue weighted by Gasteiger charge is -2.50. The summed E-state index contributed by atoms with van der Waals surface area (Å²) in [7, 11) is 0. The molecular formula is C43H38N4. The third kappa shape index (κ3) is 5.51. The van der Waals surface area contributed by atoms with Crippen molar-refractivity contribution in [3.63, 3.8) is 0 Å². The number of hydrogen-bond donors (Lipinski definition) is 0. The number of fused-ring (bicyclic) bond motifs is 3. The summed E-state index contributed by atoms with van der Waals surface area (Å²) in [4.78, 5) is 14.9. The molecule has 1 heterocycles. The summed E-state index contributed by atoms with van der Waals surface area (Å²) in [5, 5.41) is 11.9. The monoisotopic (exact) mass is 610 g/mol. The van der Waals surface area contributed by atoms with E-state index in [1.165, 1.54) is 37.7 Å². The van der Waals surface area contributed by atoms with Gasteiger partial charge in [0.25, 0.3) is 0 Å². The van der Waals surface area contributed by atoms with E-state index in [2.05, 4.69) is 56.3 Å². The predicted molar refractivity (Wildman–Crippen MR) is 190 cm³/mol. The third-order valence-electron chi connectivity index (χ3n) is 10.5. The highest BCUT2D eigenvalue weighted by Gasteiger charge is 2.45. The van der Waals surface area contributed by atoms with Gasteiger partial charge in [0.05, 0.1) is 11.6 Å². The van der Waals surface area contributed by atoms with Gasteiger partial charge in [-0.05, 0) is 101 Å². The number of benzene rings is 5. The largest absolute Gasteiger partial charge is 0.208 e. The van der Waals surface area contributed by atoms with Crippen molar-refractivity contribution in [1.29, 1.82) is 5.26 Å². The van der Waals surface area contributed by atoms with E-state index in [-0.39, 0.29) is 0 Å². The Morgan fingerprint density at radius 2 is 1.15 bits per heavy atom. The van der Waals surface area contributed by atoms with E-state index in [4.69, 9.17) is 15.0 Å². The zero-order chi connectivity index (χ0) is 32.0. The quantitative estimate of drug-likeness (QED) is 0.195. The van der Waals surface area contributed by atoms with Crippen LogP contribution in [0.5, 0.6) is 0 Å². The molecule has 0 saturated heterocycles. The fraction of sp³-hybridized carbons (Fsp3) is 0.256. The van der Waals surface area contributed by atoms with Crippen molar-refractivity contribution in [2.45, 2.75) is 51.4 Å². The summed E-state index contributed by atoms with van der Waals surface area (Å²) >= 11 is 0. The molecule has 2 aliphatic rings. The molecule has 0 aliphatic heterocycles. The molecule has 0 radical (unpaired) electrons. The maximum absolute atomic E-state index is 9.89. The minimum absolute atomic E-state index is 0.296. The second-order valence-electron chi connectivity index (χ2n) is 14.1. The van der Waals surface area contributed by atoms with Crippen LogP contribution < -0.4 is 0 Å². The minimum Gasteiger partial charge on any atom is -0.208 e. The van der Waals surface area contributed by atoms with Crippen LogP contribution in [0.3, 0.4) is 0 Å². The third-order valence-corrected chi connectivity index (χ3v) is 10.5. The van der Waals surface area contributed by atoms with E-state index < -0.39 is 0 Å². The smallest absolute Gasteiger partial charge is 0.164 e. The van der Waals surface area contributed by atoms with E-state index >= 15 is 0 Å². The summed E-state index contributed by atoms with van der Waals surface area (Å²) in [5.74, 6) is 4.28. The van der Waals surface area contributed by atoms with Gasteiger partial charge in [-0.3, -0.25) is 0 Å². The Hall–Kier alpha value is -5.14. The van der Waals surface area contributed by atoms with Crippen molar-refractivity contribution in [1.82, 2.24) is 15.0 Å². The second-order valence-corrected chi connectivity index (χ2v) is 14.1. The van der Waals surface area contributed by atoms with Gasteiger partial charge in [-0.1, -0.05) is 111 Å². The van der Waals surface area contributed by atoms with Crippen molar-refractivity contribution < 1.29 is 0 Å². The van der Waals surface area contributed by atoms with Gasteiger partial charge in [0.2, 0.25) is 0 Å². The highest BCUT2D eigenvalue weighted by Crippen LogP contribution is 2.54. The maximum Gasteiger partial charge on any atom is 0.164 e. The average molecular weight is 611 g/mol. The zero-order valence-electron chi connectivity index (χ0n) is 27.0. The highest BCUT2D eigenvalue weighted by molar-refractivity contribution is 6.04. The first-order valence-corrected chi connectivity index (χ1v) is 16.9. The molecule has 2 saturated carbocycles. The molecule has 0 amide bonds. The first kappa shape index (κ1) is 29.3. The van der Waals surface area contributed by atoms with E-state index in [0.717, 1.165) is 56.3 Å². The number of rotatable bonds is 5. The lowest BCUT2D eigenvalue weighted by atomic mass is 9.54. The van der Waals surface area contributed by atoms with Crippen LogP contribution in [0.4, 0.5) is 0 Å². The van der Waals surface area contributed by atoms with Crippen LogP contribution in [0.25, 0.3) is 56.1 Å². The molecule has 47 heavy (non-hydrogen) atoms. The molecule has 0 spiro atoms. The summed E-state index contributed by atoms with van der Waals surface area (Å²) < 4.78 is 0. The van der Waals surface area contributed by atoms with E-state index in [0.29, 0.717) is 28.5 Å². The summed E-state index contributed by atoms with van der Waals surface area (Å²) in [5.41, 5.74) is 7.48. The lowest BCUT2D eigenvalue weighted by Crippen LogP contribution is -2.42. The molecule has 2 bridgehead atoms. The molecule has 1 aromatic heterocycles. The Bertz CT molecular complexity index is 2040. The van der Waals surface area contributed by atoms with E-state index in [1.54, 1.807) is 0 Å². The minimum atomic E-state index is 0.296. The van der Waals surface area contributed by atoms with Crippen molar-refractivity contribution in [3.8, 4) is 51.4 Å². The normalized spacial score (nSPS) is 22.1. The Balaban J connectivity index is 1.25. The topological polar surface area (TPSA) is 62.5 Å². The van der Waals surface area contributed by atoms with Crippen LogP contribution in [0.1, 0.15) is 57.1 Å². The molecule has 4 nitrogen and oxygen atoms in total. The molecule has 6 aromatic rings. The van der Waals surface area contributed by atoms with Crippen molar-refractivity contribution in [2.24, 2.45) is 17.8 Å². The molecule has 2 aliphatic carbocycles. The Kier molecular flexibility index (Phi) is 7.41. The summed E-state index contributed by atoms with van der Waals surface area (Å²) in [6.07, 6.45) is 6.66. The van der Waals surface area contributed by atoms with Gasteiger partial charge in [0.1, 0.15) is 0 Å². The van der Waals surface area contributed by atoms with Gasteiger partial charge in [0.15, 0.2) is 17.5 Å². The number of nitriles is 1. The average Bonchev–Trinajstić information content (AvgIpc) is 3.11. The fourth-order valence-electron chi connectivity index (χ4n) is 8.85. The Morgan fingerprint density at radius 3 is 1.74 bits per heavy atom. The fourth-order valence-corrected chi connectivity index (χ4v) is 8.85. The Morgan fingerprint density at radius 1 is 0.574 bits per heavy atom. The first-order valence-electron chi connectivity index (χ1n) is 16.9. The van der Waals surface area contributed by atoms with Crippen LogP contribution in [0.2, 0.25) is 0 Å². The van der Waals surface area contributed by atoms with Crippen LogP contribution >= 0.6 is 0 Å². The second kappa shape index (κ2) is 11.9. The van der Waals surface area contributed by atoms with Gasteiger partial charge in [-0.25, -0.2) is 15.0 Å². The van der Waals surface area contributed by atoms with Gasteiger partial charge in [-0.15, -0.1) is 0 Å². The highest BCUT2D eigenvalue weighted by atomic mass is 15.0. The standard InChI is InChI=1S/C43H38N4/c1-28-21-31-22-29(2)25-43(24-28,26-31)35-16-14-32(15-17-35)36-19-20-38(37-18-13-30(27-44)23-39(36)37)42-46-40(33-9-5-3-6-10-33)45-41(47-42)34-11-7-4-8-12-34/h3-20,23,28-29,31H,21-22,24-26H2,1-2H3/t28-,29+,31?,43?. The van der Waals surface area contributed by atoms with Crippen LogP contribution in [-0.2, 0) is 5.41 Å². The number of aromatic nitrogens is 3. The summed E-state index contributed by atoms with van der Waals surface area (Å²) in [6.45, 7) is 4.90. The number of hydrogen-bond acceptors (Lipinski definition) is 4. The Labute approximate surface area is 277 Å². The van der Waals surface area contributed by atoms with Gasteiger partial charge in [0, 0.05) is 16.7 Å². The van der Waals surface area contributed by atoms with Gasteiger partial charge >= 0.3 is 0 Å². The van der Waals surface area contributed by atoms with Gasteiger partial charge < -0.3 is 0 Å². The molecule has 8 rings (SSSR count). The van der Waals surface area contributed by atoms with Crippen LogP contribution in [-0.4, -0.2) is 15.0 Å². The van der Waals surface area contributed by atoms with Crippen LogP contribution in [0, 0.1) is 29.1 Å². The van der Waals surface area contributed by atoms with Crippen molar-refractivity contribution >= 4 is 10.8 Å². The summed E-state index contributed by atoms with van der Waals surface area (Å²) in [6, 6.07) is 42.1. The number of nitrogens with zero attached hydrogens (tertiary/aromatic N) is 4. The molecule has 230 valence electrons. The van der Waals surface area contributed by atoms with E-state index in [9.17, 15) is 5.26 Å². The van der Waals surface area contributed by atoms with Crippen molar-refractivity contribution in [2.75, 3.05) is 0 Å². The molecular weight excluding hydrogens is 573 g/mol. The SMILES string of the molecule is C[C@@H]1CC2C[C@H](C)CC(c3ccc(-c4ccc(-c5nc(-c6ccccc6)nc(-c6ccccc6)n5)c5ccc(C#N)cc45)cc3)(C2)C1. The first-order chi connectivity index (χ1) is 23.0. The predicted octanol–water partition coefficient (Wildman–Crippen LogP) is 10.7. The van der Waals surface area contributed by atoms with Crippen LogP contribution in [0.15, 0.2) is 115 Å². The molecule has 5 aromatic carbocycles. The molecule has 2 fully saturated rings. The van der Waals surface area contributed by atoms with Crippen molar-refractivity contribution in [3.05, 3.63) is 126 Å². The molecule has 4 heteroatoms. The van der Waals surface area contributed by atoms with E-state index in [1.807, 2.05) is 78.9 Å². The van der Waals surface area contributed by atoms with Gasteiger partial charge in [-0.2, -0.15) is 5.26 Å². The zero-order valence-corrected chi connectivity index (χ0v) is 27.0. The molecule has 2 unspecified atom stereocenters. The lowest BCUT2D eigenvalue weighted by molar-refractivity contribution is 0.0780. The molecule has 4 atom stereocenters. The maximum atomic E-state index is 9.89. The molecule has 0 N–H and O–H groups in total.